The van der Waals surface area contributed by atoms with E-state index >= 15 is 0 Å². The Balaban J connectivity index is 1.98. The lowest BCUT2D eigenvalue weighted by atomic mass is 10.1. The van der Waals surface area contributed by atoms with E-state index < -0.39 is 6.10 Å². The second-order valence-corrected chi connectivity index (χ2v) is 3.93. The van der Waals surface area contributed by atoms with Crippen molar-refractivity contribution < 1.29 is 19.3 Å². The fourth-order valence-corrected chi connectivity index (χ4v) is 1.50. The van der Waals surface area contributed by atoms with E-state index in [2.05, 4.69) is 0 Å². The molecular formula is C14H22O4. The molecule has 1 N–H and O–H groups in total. The summed E-state index contributed by atoms with van der Waals surface area (Å²) in [5.74, 6) is 0. The molecule has 0 amide bonds. The summed E-state index contributed by atoms with van der Waals surface area (Å²) in [6.07, 6.45) is 0.142. The van der Waals surface area contributed by atoms with Crippen LogP contribution in [-0.4, -0.2) is 45.3 Å². The van der Waals surface area contributed by atoms with Crippen LogP contribution in [0.4, 0.5) is 0 Å². The highest BCUT2D eigenvalue weighted by Crippen LogP contribution is 2.15. The molecule has 1 aromatic rings. The molecule has 0 fully saturated rings. The van der Waals surface area contributed by atoms with Gasteiger partial charge in [-0.3, -0.25) is 0 Å². The summed E-state index contributed by atoms with van der Waals surface area (Å²) in [7, 11) is 1.64. The van der Waals surface area contributed by atoms with Gasteiger partial charge in [0, 0.05) is 20.1 Å². The van der Waals surface area contributed by atoms with Gasteiger partial charge in [-0.15, -0.1) is 0 Å². The van der Waals surface area contributed by atoms with E-state index in [1.807, 2.05) is 30.3 Å². The van der Waals surface area contributed by atoms with Gasteiger partial charge >= 0.3 is 0 Å². The molecule has 1 rings (SSSR count). The second kappa shape index (κ2) is 10.0. The first-order valence-corrected chi connectivity index (χ1v) is 6.22. The fourth-order valence-electron chi connectivity index (χ4n) is 1.50. The molecule has 0 bridgehead atoms. The van der Waals surface area contributed by atoms with Crippen LogP contribution in [0, 0.1) is 0 Å². The fraction of sp³-hybridized carbons (Fsp3) is 0.571. The number of hydrogen-bond donors (Lipinski definition) is 1. The molecule has 4 heteroatoms. The zero-order valence-electron chi connectivity index (χ0n) is 10.9. The molecule has 18 heavy (non-hydrogen) atoms. The lowest BCUT2D eigenvalue weighted by molar-refractivity contribution is 0.0157. The van der Waals surface area contributed by atoms with Crippen LogP contribution in [0.1, 0.15) is 18.1 Å². The Kier molecular flexibility index (Phi) is 8.42. The van der Waals surface area contributed by atoms with Gasteiger partial charge in [0.15, 0.2) is 0 Å². The quantitative estimate of drug-likeness (QED) is 0.647. The van der Waals surface area contributed by atoms with Crippen molar-refractivity contribution in [1.29, 1.82) is 0 Å². The van der Waals surface area contributed by atoms with E-state index in [4.69, 9.17) is 14.2 Å². The van der Waals surface area contributed by atoms with E-state index in [0.717, 1.165) is 5.56 Å². The van der Waals surface area contributed by atoms with Gasteiger partial charge in [0.1, 0.15) is 0 Å². The maximum atomic E-state index is 9.87. The van der Waals surface area contributed by atoms with Crippen molar-refractivity contribution in [1.82, 2.24) is 0 Å². The summed E-state index contributed by atoms with van der Waals surface area (Å²) >= 11 is 0. The minimum Gasteiger partial charge on any atom is -0.388 e. The average molecular weight is 254 g/mol. The normalized spacial score (nSPS) is 12.6. The molecule has 0 radical (unpaired) electrons. The summed E-state index contributed by atoms with van der Waals surface area (Å²) in [5.41, 5.74) is 0.928. The highest BCUT2D eigenvalue weighted by Gasteiger charge is 2.05. The molecular weight excluding hydrogens is 232 g/mol. The van der Waals surface area contributed by atoms with Gasteiger partial charge in [-0.1, -0.05) is 30.3 Å². The van der Waals surface area contributed by atoms with Crippen molar-refractivity contribution >= 4 is 0 Å². The summed E-state index contributed by atoms with van der Waals surface area (Å²) in [5, 5.41) is 9.87. The zero-order chi connectivity index (χ0) is 13.1. The van der Waals surface area contributed by atoms with Crippen LogP contribution in [0.25, 0.3) is 0 Å². The van der Waals surface area contributed by atoms with Gasteiger partial charge in [-0.2, -0.15) is 0 Å². The van der Waals surface area contributed by atoms with Crippen LogP contribution in [0.3, 0.4) is 0 Å². The number of ether oxygens (including phenoxy) is 3. The average Bonchev–Trinajstić information content (AvgIpc) is 2.42. The first-order chi connectivity index (χ1) is 8.84. The van der Waals surface area contributed by atoms with Crippen molar-refractivity contribution in [3.8, 4) is 0 Å². The smallest absolute Gasteiger partial charge is 0.0812 e. The summed E-state index contributed by atoms with van der Waals surface area (Å²) in [6, 6.07) is 9.60. The van der Waals surface area contributed by atoms with Gasteiger partial charge in [0.05, 0.1) is 32.5 Å². The molecule has 0 aliphatic heterocycles. The van der Waals surface area contributed by atoms with E-state index in [1.165, 1.54) is 0 Å². The molecule has 1 atom stereocenters. The number of benzene rings is 1. The molecule has 0 aliphatic rings. The maximum Gasteiger partial charge on any atom is 0.0812 e. The minimum atomic E-state index is -0.458. The monoisotopic (exact) mass is 254 g/mol. The number of methoxy groups -OCH3 is 1. The second-order valence-electron chi connectivity index (χ2n) is 3.93. The number of aliphatic hydroxyl groups excluding tert-OH is 1. The van der Waals surface area contributed by atoms with Gasteiger partial charge in [-0.05, 0) is 5.56 Å². The van der Waals surface area contributed by atoms with Crippen LogP contribution in [0.5, 0.6) is 0 Å². The molecule has 0 aromatic heterocycles. The van der Waals surface area contributed by atoms with Crippen molar-refractivity contribution in [3.63, 3.8) is 0 Å². The van der Waals surface area contributed by atoms with Gasteiger partial charge in [-0.25, -0.2) is 0 Å². The van der Waals surface area contributed by atoms with Crippen LogP contribution < -0.4 is 0 Å². The Hall–Kier alpha value is -0.940. The van der Waals surface area contributed by atoms with Crippen molar-refractivity contribution in [3.05, 3.63) is 35.9 Å². The SMILES string of the molecule is COCCOCCOCCC(O)c1ccccc1. The van der Waals surface area contributed by atoms with E-state index in [1.54, 1.807) is 7.11 Å². The van der Waals surface area contributed by atoms with E-state index in [9.17, 15) is 5.11 Å². The molecule has 4 nitrogen and oxygen atoms in total. The zero-order valence-corrected chi connectivity index (χ0v) is 10.9. The predicted molar refractivity (Wildman–Crippen MR) is 69.5 cm³/mol. The minimum absolute atomic E-state index is 0.458. The standard InChI is InChI=1S/C14H22O4/c1-16-9-10-18-12-11-17-8-7-14(15)13-5-3-2-4-6-13/h2-6,14-15H,7-12H2,1H3. The highest BCUT2D eigenvalue weighted by atomic mass is 16.5. The summed E-state index contributed by atoms with van der Waals surface area (Å²) < 4.78 is 15.5. The van der Waals surface area contributed by atoms with Gasteiger partial charge < -0.3 is 19.3 Å². The van der Waals surface area contributed by atoms with E-state index in [-0.39, 0.29) is 0 Å². The van der Waals surface area contributed by atoms with Crippen LogP contribution >= 0.6 is 0 Å². The lowest BCUT2D eigenvalue weighted by Gasteiger charge is -2.11. The van der Waals surface area contributed by atoms with Crippen molar-refractivity contribution in [2.75, 3.05) is 40.1 Å². The first-order valence-electron chi connectivity index (χ1n) is 6.22. The Bertz CT molecular complexity index is 289. The molecule has 1 aromatic carbocycles. The topological polar surface area (TPSA) is 47.9 Å². The first kappa shape index (κ1) is 15.1. The Morgan fingerprint density at radius 2 is 1.56 bits per heavy atom. The van der Waals surface area contributed by atoms with Crippen LogP contribution in [0.2, 0.25) is 0 Å². The molecule has 102 valence electrons. The Morgan fingerprint density at radius 3 is 2.22 bits per heavy atom. The van der Waals surface area contributed by atoms with Crippen molar-refractivity contribution in [2.24, 2.45) is 0 Å². The van der Waals surface area contributed by atoms with Crippen LogP contribution in [-0.2, 0) is 14.2 Å². The Labute approximate surface area is 108 Å². The highest BCUT2D eigenvalue weighted by molar-refractivity contribution is 5.16. The summed E-state index contributed by atoms with van der Waals surface area (Å²) in [4.78, 5) is 0. The van der Waals surface area contributed by atoms with Crippen LogP contribution in [0.15, 0.2) is 30.3 Å². The predicted octanol–water partition coefficient (Wildman–Crippen LogP) is 1.79. The van der Waals surface area contributed by atoms with E-state index in [0.29, 0.717) is 39.5 Å². The third kappa shape index (κ3) is 6.71. The lowest BCUT2D eigenvalue weighted by Crippen LogP contribution is -2.10. The van der Waals surface area contributed by atoms with Gasteiger partial charge in [0.2, 0.25) is 0 Å². The molecule has 0 heterocycles. The molecule has 0 aliphatic carbocycles. The van der Waals surface area contributed by atoms with Gasteiger partial charge in [0.25, 0.3) is 0 Å². The molecule has 0 saturated heterocycles. The molecule has 1 unspecified atom stereocenters. The van der Waals surface area contributed by atoms with Crippen molar-refractivity contribution in [2.45, 2.75) is 12.5 Å². The summed E-state index contributed by atoms with van der Waals surface area (Å²) in [6.45, 7) is 2.83. The third-order valence-electron chi connectivity index (χ3n) is 2.52. The Morgan fingerprint density at radius 1 is 0.944 bits per heavy atom. The third-order valence-corrected chi connectivity index (χ3v) is 2.52. The number of aliphatic hydroxyl groups is 1. The largest absolute Gasteiger partial charge is 0.388 e. The number of rotatable bonds is 10. The molecule has 0 saturated carbocycles. The molecule has 0 spiro atoms. The number of hydrogen-bond acceptors (Lipinski definition) is 4. The maximum absolute atomic E-state index is 9.87.